The van der Waals surface area contributed by atoms with Gasteiger partial charge in [-0.15, -0.1) is 0 Å². The number of ether oxygens (including phenoxy) is 5. The minimum atomic E-state index is -0.672. The smallest absolute Gasteiger partial charge is 0.190 e. The van der Waals surface area contributed by atoms with Gasteiger partial charge in [0, 0.05) is 11.1 Å². The zero-order valence-corrected chi connectivity index (χ0v) is 12.4. The average molecular weight is 306 g/mol. The largest absolute Gasteiger partial charge is 0.346 e. The molecule has 3 fully saturated rings. The summed E-state index contributed by atoms with van der Waals surface area (Å²) >= 11 is 0. The van der Waals surface area contributed by atoms with Crippen LogP contribution >= 0.6 is 0 Å². The normalized spacial score (nSPS) is 39.3. The van der Waals surface area contributed by atoms with Gasteiger partial charge in [-0.2, -0.15) is 0 Å². The highest BCUT2D eigenvalue weighted by molar-refractivity contribution is 5.74. The van der Waals surface area contributed by atoms with Gasteiger partial charge in [0.05, 0.1) is 6.61 Å². The molecule has 4 rings (SSSR count). The topological polar surface area (TPSA) is 63.2 Å². The van der Waals surface area contributed by atoms with E-state index < -0.39 is 18.4 Å². The lowest BCUT2D eigenvalue weighted by Gasteiger charge is -2.34. The average Bonchev–Trinajstić information content (AvgIpc) is 2.98. The van der Waals surface area contributed by atoms with Crippen LogP contribution in [0, 0.1) is 0 Å². The van der Waals surface area contributed by atoms with Crippen molar-refractivity contribution in [2.75, 3.05) is 6.61 Å². The zero-order valence-electron chi connectivity index (χ0n) is 12.4. The Morgan fingerprint density at radius 1 is 1.18 bits per heavy atom. The molecule has 0 saturated carbocycles. The van der Waals surface area contributed by atoms with Gasteiger partial charge in [-0.05, 0) is 19.9 Å². The third-order valence-corrected chi connectivity index (χ3v) is 4.10. The zero-order chi connectivity index (χ0) is 15.3. The molecule has 6 heteroatoms. The van der Waals surface area contributed by atoms with Gasteiger partial charge in [-0.3, -0.25) is 4.79 Å². The van der Waals surface area contributed by atoms with E-state index in [1.807, 2.05) is 26.0 Å². The second kappa shape index (κ2) is 5.11. The van der Waals surface area contributed by atoms with E-state index in [1.54, 1.807) is 12.1 Å². The lowest BCUT2D eigenvalue weighted by Crippen LogP contribution is -2.44. The first-order valence-corrected chi connectivity index (χ1v) is 7.39. The van der Waals surface area contributed by atoms with Crippen LogP contribution in [0.25, 0.3) is 0 Å². The van der Waals surface area contributed by atoms with Crippen molar-refractivity contribution in [2.45, 2.75) is 50.5 Å². The maximum atomic E-state index is 10.9. The van der Waals surface area contributed by atoms with Crippen LogP contribution < -0.4 is 0 Å². The number of rotatable bonds is 2. The number of hydrogen-bond acceptors (Lipinski definition) is 6. The van der Waals surface area contributed by atoms with Crippen molar-refractivity contribution in [1.29, 1.82) is 0 Å². The van der Waals surface area contributed by atoms with E-state index in [4.69, 9.17) is 23.7 Å². The second-order valence-corrected chi connectivity index (χ2v) is 6.20. The number of hydrogen-bond donors (Lipinski definition) is 0. The molecule has 1 unspecified atom stereocenters. The number of benzene rings is 1. The molecular weight excluding hydrogens is 288 g/mol. The van der Waals surface area contributed by atoms with E-state index in [9.17, 15) is 4.79 Å². The van der Waals surface area contributed by atoms with Crippen LogP contribution in [0.5, 0.6) is 0 Å². The molecule has 1 aromatic rings. The molecule has 6 nitrogen and oxygen atoms in total. The summed E-state index contributed by atoms with van der Waals surface area (Å²) in [7, 11) is 0. The Morgan fingerprint density at radius 2 is 2.05 bits per heavy atom. The second-order valence-electron chi connectivity index (χ2n) is 6.20. The lowest BCUT2D eigenvalue weighted by molar-refractivity contribution is -0.285. The molecule has 3 aliphatic heterocycles. The number of aldehydes is 1. The van der Waals surface area contributed by atoms with Crippen LogP contribution in [0.15, 0.2) is 24.3 Å². The van der Waals surface area contributed by atoms with E-state index in [1.165, 1.54) is 0 Å². The molecule has 0 aliphatic carbocycles. The third kappa shape index (κ3) is 2.37. The number of fused-ring (bicyclic) bond motifs is 3. The molecule has 1 aromatic carbocycles. The molecule has 3 aliphatic rings. The minimum absolute atomic E-state index is 0.198. The molecule has 0 radical (unpaired) electrons. The van der Waals surface area contributed by atoms with Crippen molar-refractivity contribution in [3.63, 3.8) is 0 Å². The van der Waals surface area contributed by atoms with Crippen LogP contribution in [0.2, 0.25) is 0 Å². The van der Waals surface area contributed by atoms with E-state index in [-0.39, 0.29) is 18.3 Å². The number of carbonyl (C=O) groups is 1. The molecule has 5 atom stereocenters. The molecule has 0 bridgehead atoms. The lowest BCUT2D eigenvalue weighted by atomic mass is 10.1. The molecule has 3 heterocycles. The predicted octanol–water partition coefficient (Wildman–Crippen LogP) is 1.79. The van der Waals surface area contributed by atoms with Gasteiger partial charge < -0.3 is 23.7 Å². The Kier molecular flexibility index (Phi) is 3.32. The fraction of sp³-hybridized carbons (Fsp3) is 0.562. The Hall–Kier alpha value is -1.31. The molecule has 0 amide bonds. The summed E-state index contributed by atoms with van der Waals surface area (Å²) < 4.78 is 29.2. The van der Waals surface area contributed by atoms with Crippen molar-refractivity contribution in [3.05, 3.63) is 35.4 Å². The summed E-state index contributed by atoms with van der Waals surface area (Å²) in [4.78, 5) is 10.9. The van der Waals surface area contributed by atoms with Gasteiger partial charge in [0.2, 0.25) is 0 Å². The van der Waals surface area contributed by atoms with E-state index in [2.05, 4.69) is 0 Å². The maximum Gasteiger partial charge on any atom is 0.190 e. The van der Waals surface area contributed by atoms with E-state index in [0.717, 1.165) is 11.8 Å². The molecule has 118 valence electrons. The van der Waals surface area contributed by atoms with Gasteiger partial charge in [0.15, 0.2) is 18.4 Å². The number of carbonyl (C=O) groups excluding carboxylic acids is 1. The summed E-state index contributed by atoms with van der Waals surface area (Å²) in [6.07, 6.45) is -0.854. The van der Waals surface area contributed by atoms with Gasteiger partial charge in [0.1, 0.15) is 24.6 Å². The molecule has 0 aromatic heterocycles. The van der Waals surface area contributed by atoms with Gasteiger partial charge in [-0.25, -0.2) is 0 Å². The van der Waals surface area contributed by atoms with Crippen LogP contribution in [0.1, 0.15) is 36.1 Å². The van der Waals surface area contributed by atoms with Crippen molar-refractivity contribution in [2.24, 2.45) is 0 Å². The van der Waals surface area contributed by atoms with E-state index >= 15 is 0 Å². The van der Waals surface area contributed by atoms with Gasteiger partial charge in [0.25, 0.3) is 0 Å². The SMILES string of the molecule is CC1(C)O[C@H]2O[C@@H]3COC(c4cccc(C=O)c4)O[C@@H]3[C@H]2O1. The van der Waals surface area contributed by atoms with Crippen LogP contribution in [-0.4, -0.2) is 43.3 Å². The quantitative estimate of drug-likeness (QED) is 0.776. The first-order chi connectivity index (χ1) is 10.6. The van der Waals surface area contributed by atoms with Crippen molar-refractivity contribution in [1.82, 2.24) is 0 Å². The monoisotopic (exact) mass is 306 g/mol. The minimum Gasteiger partial charge on any atom is -0.346 e. The molecule has 22 heavy (non-hydrogen) atoms. The first-order valence-electron chi connectivity index (χ1n) is 7.39. The third-order valence-electron chi connectivity index (χ3n) is 4.10. The fourth-order valence-electron chi connectivity index (χ4n) is 3.16. The van der Waals surface area contributed by atoms with Gasteiger partial charge in [-0.1, -0.05) is 18.2 Å². The highest BCUT2D eigenvalue weighted by atomic mass is 16.9. The molecule has 0 N–H and O–H groups in total. The van der Waals surface area contributed by atoms with Crippen LogP contribution in [0.3, 0.4) is 0 Å². The molecule has 3 saturated heterocycles. The Balaban J connectivity index is 1.53. The Bertz CT molecular complexity index is 586. The van der Waals surface area contributed by atoms with Crippen molar-refractivity contribution in [3.8, 4) is 0 Å². The maximum absolute atomic E-state index is 10.9. The summed E-state index contributed by atoms with van der Waals surface area (Å²) in [5, 5.41) is 0. The molecule has 0 spiro atoms. The highest BCUT2D eigenvalue weighted by Gasteiger charge is 2.57. The Morgan fingerprint density at radius 3 is 2.86 bits per heavy atom. The summed E-state index contributed by atoms with van der Waals surface area (Å²) in [6.45, 7) is 4.11. The van der Waals surface area contributed by atoms with Crippen LogP contribution in [-0.2, 0) is 23.7 Å². The van der Waals surface area contributed by atoms with Crippen molar-refractivity contribution >= 4 is 6.29 Å². The van der Waals surface area contributed by atoms with Crippen LogP contribution in [0.4, 0.5) is 0 Å². The summed E-state index contributed by atoms with van der Waals surface area (Å²) in [6, 6.07) is 7.19. The molecular formula is C16H18O6. The highest BCUT2D eigenvalue weighted by Crippen LogP contribution is 2.42. The first kappa shape index (κ1) is 14.3. The van der Waals surface area contributed by atoms with E-state index in [0.29, 0.717) is 12.2 Å². The fourth-order valence-corrected chi connectivity index (χ4v) is 3.16. The summed E-state index contributed by atoms with van der Waals surface area (Å²) in [5.74, 6) is -0.672. The predicted molar refractivity (Wildman–Crippen MR) is 74.1 cm³/mol. The standard InChI is InChI=1S/C16H18O6/c1-16(2)21-13-12-11(19-15(13)22-16)8-18-14(20-12)10-5-3-4-9(6-10)7-17/h3-7,11-15H,8H2,1-2H3/t11-,12+,13-,14?,15-/m1/s1. The summed E-state index contributed by atoms with van der Waals surface area (Å²) in [5.41, 5.74) is 1.40. The Labute approximate surface area is 128 Å². The van der Waals surface area contributed by atoms with Gasteiger partial charge >= 0.3 is 0 Å². The van der Waals surface area contributed by atoms with Crippen molar-refractivity contribution < 1.29 is 28.5 Å².